The van der Waals surface area contributed by atoms with Crippen LogP contribution < -0.4 is 5.32 Å². The molecule has 0 heterocycles. The number of nitrogens with zero attached hydrogens (tertiary/aromatic N) is 2. The molecule has 0 bridgehead atoms. The standard InChI is InChI=1S/C28H56N3O3PS2/c1-8-9-10-13-16-24-36-37-28(6,7)19-18-27(32)30-21-14-11-12-15-22-33-35(34-23-17-20-29)31(25(2)3)26(4)5/h25-26H,8-19,21-24H2,1-7H3,(H,30,32). The summed E-state index contributed by atoms with van der Waals surface area (Å²) in [6.45, 7) is 17.2. The number of unbranched alkanes of at least 4 members (excludes halogenated alkanes) is 7. The van der Waals surface area contributed by atoms with Crippen molar-refractivity contribution >= 4 is 36.0 Å². The zero-order valence-electron chi connectivity index (χ0n) is 24.9. The van der Waals surface area contributed by atoms with Crippen molar-refractivity contribution < 1.29 is 13.8 Å². The summed E-state index contributed by atoms with van der Waals surface area (Å²) in [6, 6.07) is 2.77. The second-order valence-corrected chi connectivity index (χ2v) is 15.3. The van der Waals surface area contributed by atoms with Gasteiger partial charge in [-0.15, -0.1) is 0 Å². The number of hydrogen-bond donors (Lipinski definition) is 1. The predicted octanol–water partition coefficient (Wildman–Crippen LogP) is 8.87. The minimum atomic E-state index is -1.15. The van der Waals surface area contributed by atoms with Crippen LogP contribution in [0.4, 0.5) is 0 Å². The minimum absolute atomic E-state index is 0.129. The molecule has 0 rings (SSSR count). The molecule has 1 atom stereocenters. The fraction of sp³-hybridized carbons (Fsp3) is 0.929. The fourth-order valence-electron chi connectivity index (χ4n) is 3.77. The third-order valence-corrected chi connectivity index (χ3v) is 11.4. The first kappa shape index (κ1) is 37.0. The molecule has 1 N–H and O–H groups in total. The Morgan fingerprint density at radius 3 is 2.24 bits per heavy atom. The van der Waals surface area contributed by atoms with Crippen molar-refractivity contribution in [2.75, 3.05) is 25.5 Å². The van der Waals surface area contributed by atoms with Crippen LogP contribution >= 0.6 is 30.1 Å². The van der Waals surface area contributed by atoms with E-state index in [2.05, 4.69) is 64.5 Å². The lowest BCUT2D eigenvalue weighted by molar-refractivity contribution is -0.121. The summed E-state index contributed by atoms with van der Waals surface area (Å²) in [4.78, 5) is 12.3. The van der Waals surface area contributed by atoms with Crippen molar-refractivity contribution in [2.24, 2.45) is 0 Å². The van der Waals surface area contributed by atoms with Gasteiger partial charge in [0, 0.05) is 35.5 Å². The summed E-state index contributed by atoms with van der Waals surface area (Å²) in [5.41, 5.74) is 0. The van der Waals surface area contributed by atoms with Crippen molar-refractivity contribution in [3.63, 3.8) is 0 Å². The zero-order valence-corrected chi connectivity index (χ0v) is 27.4. The van der Waals surface area contributed by atoms with Crippen LogP contribution in [-0.4, -0.2) is 52.9 Å². The monoisotopic (exact) mass is 577 g/mol. The Kier molecular flexibility index (Phi) is 23.8. The molecular formula is C28H56N3O3PS2. The van der Waals surface area contributed by atoms with Gasteiger partial charge < -0.3 is 14.4 Å². The molecule has 0 aliphatic heterocycles. The van der Waals surface area contributed by atoms with Gasteiger partial charge in [0.05, 0.1) is 25.7 Å². The molecule has 1 unspecified atom stereocenters. The molecule has 0 saturated carbocycles. The average Bonchev–Trinajstić information content (AvgIpc) is 2.83. The first-order valence-corrected chi connectivity index (χ1v) is 17.9. The Balaban J connectivity index is 3.95. The normalized spacial score (nSPS) is 12.9. The molecule has 218 valence electrons. The van der Waals surface area contributed by atoms with Crippen LogP contribution in [0.25, 0.3) is 0 Å². The molecule has 0 radical (unpaired) electrons. The van der Waals surface area contributed by atoms with E-state index in [1.165, 1.54) is 37.9 Å². The van der Waals surface area contributed by atoms with Crippen LogP contribution in [0.1, 0.15) is 126 Å². The third-order valence-electron chi connectivity index (χ3n) is 5.83. The quantitative estimate of drug-likeness (QED) is 0.0660. The second kappa shape index (κ2) is 23.8. The maximum absolute atomic E-state index is 12.3. The van der Waals surface area contributed by atoms with Gasteiger partial charge in [-0.05, 0) is 67.2 Å². The highest BCUT2D eigenvalue weighted by Gasteiger charge is 2.27. The summed E-state index contributed by atoms with van der Waals surface area (Å²) in [6.07, 6.45) is 12.6. The lowest BCUT2D eigenvalue weighted by Crippen LogP contribution is -2.33. The van der Waals surface area contributed by atoms with Crippen LogP contribution in [-0.2, 0) is 13.8 Å². The maximum Gasteiger partial charge on any atom is 0.259 e. The van der Waals surface area contributed by atoms with E-state index in [1.807, 2.05) is 21.6 Å². The highest BCUT2D eigenvalue weighted by atomic mass is 33.1. The van der Waals surface area contributed by atoms with E-state index in [4.69, 9.17) is 14.3 Å². The summed E-state index contributed by atoms with van der Waals surface area (Å²) in [7, 11) is 2.75. The van der Waals surface area contributed by atoms with Crippen molar-refractivity contribution in [3.05, 3.63) is 0 Å². The van der Waals surface area contributed by atoms with Crippen molar-refractivity contribution in [2.45, 2.75) is 142 Å². The highest BCUT2D eigenvalue weighted by molar-refractivity contribution is 8.77. The average molecular weight is 578 g/mol. The van der Waals surface area contributed by atoms with Gasteiger partial charge in [0.25, 0.3) is 8.53 Å². The second-order valence-electron chi connectivity index (χ2n) is 10.7. The summed E-state index contributed by atoms with van der Waals surface area (Å²) < 4.78 is 14.4. The van der Waals surface area contributed by atoms with E-state index in [-0.39, 0.29) is 10.7 Å². The molecule has 1 amide bonds. The van der Waals surface area contributed by atoms with E-state index in [0.29, 0.717) is 38.1 Å². The van der Waals surface area contributed by atoms with Crippen molar-refractivity contribution in [1.29, 1.82) is 5.26 Å². The molecule has 6 nitrogen and oxygen atoms in total. The predicted molar refractivity (Wildman–Crippen MR) is 165 cm³/mol. The smallest absolute Gasteiger partial charge is 0.259 e. The maximum atomic E-state index is 12.3. The zero-order chi connectivity index (χ0) is 27.9. The molecule has 37 heavy (non-hydrogen) atoms. The fourth-order valence-corrected chi connectivity index (χ4v) is 8.12. The van der Waals surface area contributed by atoms with Crippen molar-refractivity contribution in [1.82, 2.24) is 9.99 Å². The molecule has 0 saturated heterocycles. The first-order chi connectivity index (χ1) is 17.6. The van der Waals surface area contributed by atoms with Crippen molar-refractivity contribution in [3.8, 4) is 6.07 Å². The summed E-state index contributed by atoms with van der Waals surface area (Å²) in [5.74, 6) is 1.38. The van der Waals surface area contributed by atoms with Crippen LogP contribution in [0.15, 0.2) is 0 Å². The minimum Gasteiger partial charge on any atom is -0.356 e. The SMILES string of the molecule is CCCCCCCSSC(C)(C)CCC(=O)NCCCCCCOP(OCCC#N)N(C(C)C)C(C)C. The molecular weight excluding hydrogens is 521 g/mol. The van der Waals surface area contributed by atoms with Gasteiger partial charge >= 0.3 is 0 Å². The van der Waals surface area contributed by atoms with Crippen LogP contribution in [0.3, 0.4) is 0 Å². The lowest BCUT2D eigenvalue weighted by Gasteiger charge is -2.35. The lowest BCUT2D eigenvalue weighted by atomic mass is 10.1. The number of hydrogen-bond acceptors (Lipinski definition) is 7. The van der Waals surface area contributed by atoms with Crippen LogP contribution in [0.2, 0.25) is 0 Å². The Morgan fingerprint density at radius 2 is 1.59 bits per heavy atom. The van der Waals surface area contributed by atoms with Crippen LogP contribution in [0, 0.1) is 11.3 Å². The third kappa shape index (κ3) is 21.5. The van der Waals surface area contributed by atoms with Gasteiger partial charge in [-0.1, -0.05) is 67.0 Å². The van der Waals surface area contributed by atoms with E-state index in [9.17, 15) is 4.79 Å². The number of carbonyl (C=O) groups is 1. The van der Waals surface area contributed by atoms with Crippen LogP contribution in [0.5, 0.6) is 0 Å². The molecule has 0 spiro atoms. The molecule has 9 heteroatoms. The van der Waals surface area contributed by atoms with Gasteiger partial charge in [-0.3, -0.25) is 4.79 Å². The number of carbonyl (C=O) groups excluding carboxylic acids is 1. The van der Waals surface area contributed by atoms with Gasteiger partial charge in [0.2, 0.25) is 5.91 Å². The topological polar surface area (TPSA) is 74.6 Å². The molecule has 0 aromatic rings. The highest BCUT2D eigenvalue weighted by Crippen LogP contribution is 2.46. The number of nitriles is 1. The summed E-state index contributed by atoms with van der Waals surface area (Å²) in [5, 5.41) is 11.9. The van der Waals surface area contributed by atoms with Gasteiger partial charge in [0.15, 0.2) is 0 Å². The van der Waals surface area contributed by atoms with Gasteiger partial charge in [-0.25, -0.2) is 4.67 Å². The number of rotatable bonds is 25. The number of amides is 1. The Hall–Kier alpha value is -0.0300. The molecule has 0 aliphatic rings. The number of nitrogens with one attached hydrogen (secondary N) is 1. The van der Waals surface area contributed by atoms with Gasteiger partial charge in [-0.2, -0.15) is 5.26 Å². The Morgan fingerprint density at radius 1 is 0.973 bits per heavy atom. The molecule has 0 aliphatic carbocycles. The van der Waals surface area contributed by atoms with E-state index in [1.54, 1.807) is 0 Å². The van der Waals surface area contributed by atoms with E-state index in [0.717, 1.165) is 38.6 Å². The molecule has 0 aromatic heterocycles. The van der Waals surface area contributed by atoms with Gasteiger partial charge in [0.1, 0.15) is 0 Å². The largest absolute Gasteiger partial charge is 0.356 e. The van der Waals surface area contributed by atoms with E-state index < -0.39 is 8.53 Å². The summed E-state index contributed by atoms with van der Waals surface area (Å²) >= 11 is 0. The Labute approximate surface area is 238 Å². The molecule has 0 aromatic carbocycles. The van der Waals surface area contributed by atoms with E-state index >= 15 is 0 Å². The molecule has 0 fully saturated rings. The Bertz CT molecular complexity index is 596. The first-order valence-electron chi connectivity index (χ1n) is 14.4.